The van der Waals surface area contributed by atoms with E-state index in [-0.39, 0.29) is 5.69 Å². The van der Waals surface area contributed by atoms with Crippen molar-refractivity contribution >= 4 is 5.69 Å². The van der Waals surface area contributed by atoms with E-state index >= 15 is 0 Å². The van der Waals surface area contributed by atoms with Gasteiger partial charge in [-0.25, -0.2) is 4.39 Å². The van der Waals surface area contributed by atoms with Crippen LogP contribution < -0.4 is 10.1 Å². The van der Waals surface area contributed by atoms with Crippen molar-refractivity contribution in [3.05, 3.63) is 24.0 Å². The molecule has 0 aliphatic rings. The van der Waals surface area contributed by atoms with Crippen molar-refractivity contribution in [2.45, 2.75) is 6.18 Å². The van der Waals surface area contributed by atoms with E-state index in [9.17, 15) is 17.6 Å². The Labute approximate surface area is 83.9 Å². The molecule has 0 bridgehead atoms. The molecule has 0 unspecified atom stereocenters. The van der Waals surface area contributed by atoms with Crippen molar-refractivity contribution in [3.8, 4) is 5.75 Å². The van der Waals surface area contributed by atoms with E-state index in [0.717, 1.165) is 6.07 Å². The normalized spacial score (nSPS) is 11.3. The topological polar surface area (TPSA) is 21.3 Å². The predicted octanol–water partition coefficient (Wildman–Crippen LogP) is 2.81. The third kappa shape index (κ3) is 3.65. The zero-order chi connectivity index (χ0) is 11.5. The van der Waals surface area contributed by atoms with Crippen LogP contribution in [0, 0.1) is 5.82 Å². The minimum absolute atomic E-state index is 0.230. The maximum Gasteiger partial charge on any atom is 0.405 e. The number of rotatable bonds is 3. The van der Waals surface area contributed by atoms with Crippen LogP contribution in [0.3, 0.4) is 0 Å². The van der Waals surface area contributed by atoms with Crippen LogP contribution in [-0.2, 0) is 0 Å². The minimum atomic E-state index is -4.38. The van der Waals surface area contributed by atoms with Crippen molar-refractivity contribution in [2.75, 3.05) is 19.0 Å². The highest BCUT2D eigenvalue weighted by molar-refractivity contribution is 5.49. The van der Waals surface area contributed by atoms with E-state index in [1.807, 2.05) is 5.32 Å². The second kappa shape index (κ2) is 4.37. The Morgan fingerprint density at radius 2 is 2.00 bits per heavy atom. The highest BCUT2D eigenvalue weighted by Crippen LogP contribution is 2.23. The average Bonchev–Trinajstić information content (AvgIpc) is 2.15. The molecule has 0 spiro atoms. The van der Waals surface area contributed by atoms with Gasteiger partial charge in [0.2, 0.25) is 0 Å². The van der Waals surface area contributed by atoms with E-state index in [2.05, 4.69) is 0 Å². The van der Waals surface area contributed by atoms with E-state index in [1.165, 1.54) is 19.2 Å². The first kappa shape index (κ1) is 11.6. The third-order valence-electron chi connectivity index (χ3n) is 1.65. The first-order valence-corrected chi connectivity index (χ1v) is 4.06. The van der Waals surface area contributed by atoms with E-state index in [0.29, 0.717) is 5.75 Å². The highest BCUT2D eigenvalue weighted by atomic mass is 19.4. The molecule has 0 aliphatic carbocycles. The van der Waals surface area contributed by atoms with Gasteiger partial charge in [0.1, 0.15) is 18.1 Å². The molecule has 0 atom stereocenters. The zero-order valence-electron chi connectivity index (χ0n) is 7.86. The van der Waals surface area contributed by atoms with Crippen LogP contribution in [0.25, 0.3) is 0 Å². The summed E-state index contributed by atoms with van der Waals surface area (Å²) in [6.07, 6.45) is -4.38. The van der Waals surface area contributed by atoms with Gasteiger partial charge in [-0.2, -0.15) is 13.2 Å². The van der Waals surface area contributed by atoms with Gasteiger partial charge in [-0.1, -0.05) is 0 Å². The van der Waals surface area contributed by atoms with Crippen LogP contribution in [0.2, 0.25) is 0 Å². The smallest absolute Gasteiger partial charge is 0.405 e. The molecule has 0 amide bonds. The second-order valence-electron chi connectivity index (χ2n) is 2.81. The summed E-state index contributed by atoms with van der Waals surface area (Å²) in [7, 11) is 1.35. The fraction of sp³-hybridized carbons (Fsp3) is 0.333. The molecule has 0 heterocycles. The fourth-order valence-electron chi connectivity index (χ4n) is 0.962. The lowest BCUT2D eigenvalue weighted by atomic mass is 10.3. The maximum absolute atomic E-state index is 13.0. The van der Waals surface area contributed by atoms with Gasteiger partial charge in [0, 0.05) is 6.07 Å². The van der Waals surface area contributed by atoms with E-state index in [4.69, 9.17) is 4.74 Å². The van der Waals surface area contributed by atoms with Gasteiger partial charge in [-0.15, -0.1) is 0 Å². The fourth-order valence-corrected chi connectivity index (χ4v) is 0.962. The van der Waals surface area contributed by atoms with E-state index < -0.39 is 18.5 Å². The summed E-state index contributed by atoms with van der Waals surface area (Å²) in [6, 6.07) is 3.53. The summed E-state index contributed by atoms with van der Waals surface area (Å²) < 4.78 is 53.3. The molecular weight excluding hydrogens is 214 g/mol. The Morgan fingerprint density at radius 3 is 2.53 bits per heavy atom. The van der Waals surface area contributed by atoms with Crippen molar-refractivity contribution in [3.63, 3.8) is 0 Å². The number of halogens is 4. The molecule has 1 rings (SSSR count). The van der Waals surface area contributed by atoms with Gasteiger partial charge in [-0.05, 0) is 12.1 Å². The predicted molar refractivity (Wildman–Crippen MR) is 47.5 cm³/mol. The maximum atomic E-state index is 13.0. The summed E-state index contributed by atoms with van der Waals surface area (Å²) in [6.45, 7) is -1.28. The Kier molecular flexibility index (Phi) is 3.39. The standard InChI is InChI=1S/C9H9F4NO/c1-15-6-2-3-7(10)8(4-6)14-5-9(11,12)13/h2-4,14H,5H2,1H3. The number of alkyl halides is 3. The number of anilines is 1. The molecule has 15 heavy (non-hydrogen) atoms. The largest absolute Gasteiger partial charge is 0.497 e. The van der Waals surface area contributed by atoms with Crippen LogP contribution in [-0.4, -0.2) is 19.8 Å². The van der Waals surface area contributed by atoms with Crippen molar-refractivity contribution in [1.82, 2.24) is 0 Å². The number of ether oxygens (including phenoxy) is 1. The van der Waals surface area contributed by atoms with Crippen molar-refractivity contribution < 1.29 is 22.3 Å². The van der Waals surface area contributed by atoms with Crippen molar-refractivity contribution in [1.29, 1.82) is 0 Å². The van der Waals surface area contributed by atoms with Gasteiger partial charge in [0.15, 0.2) is 0 Å². The molecule has 0 aromatic heterocycles. The molecule has 0 fully saturated rings. The Hall–Kier alpha value is -1.46. The lowest BCUT2D eigenvalue weighted by Gasteiger charge is -2.11. The lowest BCUT2D eigenvalue weighted by molar-refractivity contribution is -0.115. The Balaban J connectivity index is 2.75. The number of hydrogen-bond acceptors (Lipinski definition) is 2. The monoisotopic (exact) mass is 223 g/mol. The number of hydrogen-bond donors (Lipinski definition) is 1. The van der Waals surface area contributed by atoms with Gasteiger partial charge >= 0.3 is 6.18 Å². The van der Waals surface area contributed by atoms with E-state index in [1.54, 1.807) is 0 Å². The first-order valence-electron chi connectivity index (χ1n) is 4.06. The quantitative estimate of drug-likeness (QED) is 0.795. The summed E-state index contributed by atoms with van der Waals surface area (Å²) in [5.74, 6) is -0.457. The zero-order valence-corrected chi connectivity index (χ0v) is 7.86. The summed E-state index contributed by atoms with van der Waals surface area (Å²) >= 11 is 0. The molecule has 0 saturated carbocycles. The SMILES string of the molecule is COc1ccc(F)c(NCC(F)(F)F)c1. The Morgan fingerprint density at radius 1 is 1.33 bits per heavy atom. The molecule has 1 N–H and O–H groups in total. The molecule has 0 saturated heterocycles. The number of benzene rings is 1. The van der Waals surface area contributed by atoms with Crippen LogP contribution in [0.15, 0.2) is 18.2 Å². The highest BCUT2D eigenvalue weighted by Gasteiger charge is 2.27. The number of methoxy groups -OCH3 is 1. The summed E-state index contributed by atoms with van der Waals surface area (Å²) in [5, 5.41) is 1.95. The van der Waals surface area contributed by atoms with Crippen LogP contribution in [0.5, 0.6) is 5.75 Å². The molecule has 6 heteroatoms. The molecular formula is C9H9F4NO. The summed E-state index contributed by atoms with van der Waals surface area (Å²) in [4.78, 5) is 0. The van der Waals surface area contributed by atoms with Gasteiger partial charge in [0.25, 0.3) is 0 Å². The average molecular weight is 223 g/mol. The number of nitrogens with one attached hydrogen (secondary N) is 1. The molecule has 2 nitrogen and oxygen atoms in total. The van der Waals surface area contributed by atoms with Crippen LogP contribution >= 0.6 is 0 Å². The molecule has 0 radical (unpaired) electrons. The van der Waals surface area contributed by atoms with Crippen molar-refractivity contribution in [2.24, 2.45) is 0 Å². The third-order valence-corrected chi connectivity index (χ3v) is 1.65. The molecule has 84 valence electrons. The minimum Gasteiger partial charge on any atom is -0.497 e. The van der Waals surface area contributed by atoms with Gasteiger partial charge in [0.05, 0.1) is 12.8 Å². The van der Waals surface area contributed by atoms with Crippen LogP contribution in [0.4, 0.5) is 23.2 Å². The molecule has 1 aromatic carbocycles. The summed E-state index contributed by atoms with van der Waals surface area (Å²) in [5.41, 5.74) is -0.230. The first-order chi connectivity index (χ1) is 6.92. The second-order valence-corrected chi connectivity index (χ2v) is 2.81. The Bertz CT molecular complexity index is 337. The van der Waals surface area contributed by atoms with Gasteiger partial charge < -0.3 is 10.1 Å². The lowest BCUT2D eigenvalue weighted by Crippen LogP contribution is -2.21. The van der Waals surface area contributed by atoms with Crippen LogP contribution in [0.1, 0.15) is 0 Å². The van der Waals surface area contributed by atoms with Gasteiger partial charge in [-0.3, -0.25) is 0 Å². The molecule has 0 aliphatic heterocycles. The molecule has 1 aromatic rings.